The second-order valence-corrected chi connectivity index (χ2v) is 11.1. The summed E-state index contributed by atoms with van der Waals surface area (Å²) in [6.45, 7) is 0.450. The van der Waals surface area contributed by atoms with Crippen molar-refractivity contribution in [1.82, 2.24) is 0 Å². The third-order valence-corrected chi connectivity index (χ3v) is 8.00. The van der Waals surface area contributed by atoms with Gasteiger partial charge in [-0.25, -0.2) is 16.8 Å². The topological polar surface area (TPSA) is 83.6 Å². The van der Waals surface area contributed by atoms with Gasteiger partial charge >= 0.3 is 0 Å². The molecule has 1 aliphatic heterocycles. The molecule has 1 heterocycles. The molecule has 4 rings (SSSR count). The van der Waals surface area contributed by atoms with Crippen molar-refractivity contribution in [3.05, 3.63) is 53.1 Å². The Morgan fingerprint density at radius 3 is 2.29 bits per heavy atom. The molecule has 2 aliphatic rings. The van der Waals surface area contributed by atoms with Gasteiger partial charge in [0.05, 0.1) is 16.8 Å². The summed E-state index contributed by atoms with van der Waals surface area (Å²) in [5, 5.41) is 0. The van der Waals surface area contributed by atoms with Crippen LogP contribution in [0, 0.1) is 0 Å². The van der Waals surface area contributed by atoms with E-state index in [1.807, 2.05) is 6.07 Å². The fourth-order valence-corrected chi connectivity index (χ4v) is 6.16. The average Bonchev–Trinajstić information content (AvgIpc) is 2.66. The number of rotatable bonds is 4. The van der Waals surface area contributed by atoms with Crippen LogP contribution in [0.15, 0.2) is 41.3 Å². The van der Waals surface area contributed by atoms with Gasteiger partial charge in [0.15, 0.2) is 0 Å². The summed E-state index contributed by atoms with van der Waals surface area (Å²) in [6, 6.07) is 10.4. The minimum atomic E-state index is -3.70. The summed E-state index contributed by atoms with van der Waals surface area (Å²) < 4.78 is 53.7. The van der Waals surface area contributed by atoms with Crippen LogP contribution in [-0.2, 0) is 39.3 Å². The van der Waals surface area contributed by atoms with Crippen molar-refractivity contribution in [3.8, 4) is 0 Å². The SMILES string of the molecule is CS(=O)(=O)N1CCCc2cc(NS(=O)(=O)c3ccc4c(c3)CCCC4)ccc21. The number of anilines is 2. The molecule has 28 heavy (non-hydrogen) atoms. The Hall–Kier alpha value is -2.06. The van der Waals surface area contributed by atoms with Crippen LogP contribution in [0.3, 0.4) is 0 Å². The van der Waals surface area contributed by atoms with E-state index in [0.29, 0.717) is 24.3 Å². The zero-order valence-corrected chi connectivity index (χ0v) is 17.4. The van der Waals surface area contributed by atoms with Crippen LogP contribution in [0.5, 0.6) is 0 Å². The van der Waals surface area contributed by atoms with Crippen molar-refractivity contribution in [1.29, 1.82) is 0 Å². The predicted molar refractivity (Wildman–Crippen MR) is 111 cm³/mol. The Bertz CT molecular complexity index is 1120. The van der Waals surface area contributed by atoms with E-state index < -0.39 is 20.0 Å². The number of aryl methyl sites for hydroxylation is 3. The van der Waals surface area contributed by atoms with Crippen LogP contribution in [-0.4, -0.2) is 29.6 Å². The Kier molecular flexibility index (Phi) is 4.87. The van der Waals surface area contributed by atoms with Crippen LogP contribution >= 0.6 is 0 Å². The first-order valence-electron chi connectivity index (χ1n) is 9.49. The summed E-state index contributed by atoms with van der Waals surface area (Å²) in [6.07, 6.45) is 6.78. The van der Waals surface area contributed by atoms with Gasteiger partial charge in [-0.15, -0.1) is 0 Å². The predicted octanol–water partition coefficient (Wildman–Crippen LogP) is 3.08. The standard InChI is InChI=1S/C20H24N2O4S2/c1-27(23,24)22-12-4-7-17-13-18(9-11-20(17)22)21-28(25,26)19-10-8-15-5-2-3-6-16(15)14-19/h8-11,13-14,21H,2-7,12H2,1H3. The minimum absolute atomic E-state index is 0.267. The molecule has 0 bridgehead atoms. The zero-order valence-electron chi connectivity index (χ0n) is 15.8. The van der Waals surface area contributed by atoms with E-state index in [2.05, 4.69) is 4.72 Å². The van der Waals surface area contributed by atoms with Gasteiger partial charge < -0.3 is 0 Å². The van der Waals surface area contributed by atoms with Crippen molar-refractivity contribution in [2.24, 2.45) is 0 Å². The number of sulfonamides is 2. The van der Waals surface area contributed by atoms with Crippen molar-refractivity contribution in [3.63, 3.8) is 0 Å². The van der Waals surface area contributed by atoms with E-state index in [-0.39, 0.29) is 4.90 Å². The highest BCUT2D eigenvalue weighted by molar-refractivity contribution is 7.92. The molecule has 0 radical (unpaired) electrons. The second-order valence-electron chi connectivity index (χ2n) is 7.53. The first kappa shape index (κ1) is 19.3. The lowest BCUT2D eigenvalue weighted by Crippen LogP contribution is -2.34. The van der Waals surface area contributed by atoms with Gasteiger partial charge in [0.25, 0.3) is 10.0 Å². The molecule has 1 aliphatic carbocycles. The highest BCUT2D eigenvalue weighted by Gasteiger charge is 2.25. The first-order chi connectivity index (χ1) is 13.2. The molecule has 0 atom stereocenters. The fourth-order valence-electron chi connectivity index (χ4n) is 4.06. The van der Waals surface area contributed by atoms with Crippen LogP contribution in [0.1, 0.15) is 36.0 Å². The van der Waals surface area contributed by atoms with Crippen molar-refractivity contribution in [2.45, 2.75) is 43.4 Å². The molecule has 0 spiro atoms. The molecule has 0 fully saturated rings. The molecule has 0 aromatic heterocycles. The quantitative estimate of drug-likeness (QED) is 0.824. The summed E-state index contributed by atoms with van der Waals surface area (Å²) in [7, 11) is -7.04. The summed E-state index contributed by atoms with van der Waals surface area (Å²) in [5.74, 6) is 0. The lowest BCUT2D eigenvalue weighted by atomic mass is 9.92. The van der Waals surface area contributed by atoms with Gasteiger partial charge in [-0.1, -0.05) is 6.07 Å². The number of hydrogen-bond donors (Lipinski definition) is 1. The first-order valence-corrected chi connectivity index (χ1v) is 12.8. The maximum atomic E-state index is 12.9. The van der Waals surface area contributed by atoms with E-state index in [9.17, 15) is 16.8 Å². The third-order valence-electron chi connectivity index (χ3n) is 5.44. The molecule has 0 saturated heterocycles. The summed E-state index contributed by atoms with van der Waals surface area (Å²) in [5.41, 5.74) is 4.27. The van der Waals surface area contributed by atoms with Crippen LogP contribution in [0.2, 0.25) is 0 Å². The van der Waals surface area contributed by atoms with Crippen molar-refractivity contribution < 1.29 is 16.8 Å². The van der Waals surface area contributed by atoms with Crippen molar-refractivity contribution >= 4 is 31.4 Å². The van der Waals surface area contributed by atoms with Gasteiger partial charge in [0, 0.05) is 12.2 Å². The molecule has 2 aromatic carbocycles. The van der Waals surface area contributed by atoms with E-state index in [4.69, 9.17) is 0 Å². The molecule has 150 valence electrons. The highest BCUT2D eigenvalue weighted by Crippen LogP contribution is 2.32. The lowest BCUT2D eigenvalue weighted by molar-refractivity contribution is 0.592. The Morgan fingerprint density at radius 2 is 1.54 bits per heavy atom. The maximum Gasteiger partial charge on any atom is 0.261 e. The van der Waals surface area contributed by atoms with Crippen molar-refractivity contribution in [2.75, 3.05) is 21.8 Å². The van der Waals surface area contributed by atoms with Gasteiger partial charge in [-0.3, -0.25) is 9.03 Å². The number of nitrogens with zero attached hydrogens (tertiary/aromatic N) is 1. The zero-order chi connectivity index (χ0) is 19.9. The largest absolute Gasteiger partial charge is 0.280 e. The Morgan fingerprint density at radius 1 is 0.821 bits per heavy atom. The molecule has 0 unspecified atom stereocenters. The number of nitrogens with one attached hydrogen (secondary N) is 1. The summed E-state index contributed by atoms with van der Waals surface area (Å²) in [4.78, 5) is 0.267. The lowest BCUT2D eigenvalue weighted by Gasteiger charge is -2.29. The molecular weight excluding hydrogens is 396 g/mol. The third kappa shape index (κ3) is 3.75. The second kappa shape index (κ2) is 7.08. The van der Waals surface area contributed by atoms with Crippen LogP contribution in [0.4, 0.5) is 11.4 Å². The normalized spacial score (nSPS) is 17.0. The van der Waals surface area contributed by atoms with Crippen LogP contribution in [0.25, 0.3) is 0 Å². The molecule has 6 nitrogen and oxygen atoms in total. The van der Waals surface area contributed by atoms with E-state index in [1.165, 1.54) is 16.1 Å². The fraction of sp³-hybridized carbons (Fsp3) is 0.400. The van der Waals surface area contributed by atoms with E-state index in [0.717, 1.165) is 43.2 Å². The molecular formula is C20H24N2O4S2. The average molecular weight is 421 g/mol. The Balaban J connectivity index is 1.62. The molecule has 2 aromatic rings. The molecule has 0 amide bonds. The molecule has 8 heteroatoms. The van der Waals surface area contributed by atoms with Gasteiger partial charge in [0.1, 0.15) is 0 Å². The highest BCUT2D eigenvalue weighted by atomic mass is 32.2. The number of hydrogen-bond acceptors (Lipinski definition) is 4. The van der Waals surface area contributed by atoms with Gasteiger partial charge in [0.2, 0.25) is 10.0 Å². The molecule has 1 N–H and O–H groups in total. The Labute approximate surface area is 166 Å². The number of benzene rings is 2. The number of fused-ring (bicyclic) bond motifs is 2. The smallest absolute Gasteiger partial charge is 0.261 e. The monoisotopic (exact) mass is 420 g/mol. The minimum Gasteiger partial charge on any atom is -0.280 e. The summed E-state index contributed by atoms with van der Waals surface area (Å²) >= 11 is 0. The van der Waals surface area contributed by atoms with E-state index >= 15 is 0 Å². The maximum absolute atomic E-state index is 12.9. The molecule has 0 saturated carbocycles. The van der Waals surface area contributed by atoms with Crippen LogP contribution < -0.4 is 9.03 Å². The van der Waals surface area contributed by atoms with E-state index in [1.54, 1.807) is 30.3 Å². The van der Waals surface area contributed by atoms with Gasteiger partial charge in [-0.2, -0.15) is 0 Å². The van der Waals surface area contributed by atoms with Gasteiger partial charge in [-0.05, 0) is 85.5 Å².